The Labute approximate surface area is 219 Å². The van der Waals surface area contributed by atoms with Crippen LogP contribution in [0.2, 0.25) is 0 Å². The van der Waals surface area contributed by atoms with E-state index in [1.165, 1.54) is 0 Å². The van der Waals surface area contributed by atoms with Gasteiger partial charge in [0.2, 0.25) is 0 Å². The van der Waals surface area contributed by atoms with Gasteiger partial charge in [-0.05, 0) is 87.1 Å². The van der Waals surface area contributed by atoms with E-state index < -0.39 is 40.6 Å². The van der Waals surface area contributed by atoms with Gasteiger partial charge < -0.3 is 0 Å². The van der Waals surface area contributed by atoms with Crippen molar-refractivity contribution in [2.75, 3.05) is 32.7 Å². The van der Waals surface area contributed by atoms with Gasteiger partial charge in [-0.3, -0.25) is 4.90 Å². The summed E-state index contributed by atoms with van der Waals surface area (Å²) in [4.78, 5) is 2.04. The predicted molar refractivity (Wildman–Crippen MR) is 131 cm³/mol. The lowest BCUT2D eigenvalue weighted by Gasteiger charge is -2.33. The highest BCUT2D eigenvalue weighted by Gasteiger charge is 2.60. The van der Waals surface area contributed by atoms with Gasteiger partial charge in [-0.15, -0.1) is 0 Å². The van der Waals surface area contributed by atoms with Gasteiger partial charge in [0.25, 0.3) is 10.2 Å². The SMILES string of the molecule is C/C(=C\c1ccc2c(c1)C[C@H]1CC[C@@H](C2)[C@]12CN(CC(F)(F)F)S(=O)(=O)N2)CN1CCC(C(F)(F)F)CC1. The molecule has 2 heterocycles. The zero-order chi connectivity index (χ0) is 27.5. The Balaban J connectivity index is 1.29. The second kappa shape index (κ2) is 9.78. The van der Waals surface area contributed by atoms with Crippen LogP contribution in [0.3, 0.4) is 0 Å². The molecule has 0 unspecified atom stereocenters. The Morgan fingerprint density at radius 2 is 1.66 bits per heavy atom. The van der Waals surface area contributed by atoms with Gasteiger partial charge in [-0.25, -0.2) is 0 Å². The van der Waals surface area contributed by atoms with Crippen LogP contribution >= 0.6 is 0 Å². The number of rotatable bonds is 4. The van der Waals surface area contributed by atoms with E-state index in [9.17, 15) is 34.8 Å². The molecule has 0 aromatic heterocycles. The molecule has 5 rings (SSSR count). The number of nitrogens with zero attached hydrogens (tertiary/aromatic N) is 2. The van der Waals surface area contributed by atoms with Crippen molar-refractivity contribution < 1.29 is 34.8 Å². The van der Waals surface area contributed by atoms with Crippen LogP contribution in [0.15, 0.2) is 23.8 Å². The topological polar surface area (TPSA) is 52.7 Å². The Morgan fingerprint density at radius 3 is 2.26 bits per heavy atom. The Bertz CT molecular complexity index is 1190. The maximum atomic E-state index is 13.1. The molecule has 2 aliphatic carbocycles. The first kappa shape index (κ1) is 27.9. The summed E-state index contributed by atoms with van der Waals surface area (Å²) in [5, 5.41) is 0. The zero-order valence-corrected chi connectivity index (χ0v) is 22.0. The molecule has 4 aliphatic rings. The van der Waals surface area contributed by atoms with Gasteiger partial charge in [0.05, 0.1) is 11.5 Å². The fourth-order valence-electron chi connectivity index (χ4n) is 7.06. The quantitative estimate of drug-likeness (QED) is 0.527. The molecule has 3 atom stereocenters. The van der Waals surface area contributed by atoms with E-state index >= 15 is 0 Å². The van der Waals surface area contributed by atoms with Crippen LogP contribution in [0.4, 0.5) is 26.3 Å². The molecule has 1 aromatic rings. The van der Waals surface area contributed by atoms with Crippen molar-refractivity contribution in [3.8, 4) is 0 Å². The van der Waals surface area contributed by atoms with Crippen molar-refractivity contribution in [2.24, 2.45) is 17.8 Å². The number of benzene rings is 1. The summed E-state index contributed by atoms with van der Waals surface area (Å²) >= 11 is 0. The van der Waals surface area contributed by atoms with Crippen molar-refractivity contribution in [3.05, 3.63) is 40.5 Å². The summed E-state index contributed by atoms with van der Waals surface area (Å²) in [6.07, 6.45) is -3.79. The molecule has 0 radical (unpaired) electrons. The standard InChI is InChI=1S/C26H33F6N3O2S/c1-17(14-34-8-6-21(7-9-34)26(30,31)32)10-18-2-3-19-12-22-4-5-23(13-20(19)11-18)24(22)15-35(16-25(27,28)29)38(36,37)33-24/h2-3,10-11,21-23,33H,4-9,12-16H2,1H3/b17-10+/t22-,23+,24+/m0/s1. The highest BCUT2D eigenvalue weighted by Crippen LogP contribution is 2.50. The highest BCUT2D eigenvalue weighted by molar-refractivity contribution is 7.87. The molecule has 1 saturated carbocycles. The first-order valence-corrected chi connectivity index (χ1v) is 14.5. The Morgan fingerprint density at radius 1 is 1.03 bits per heavy atom. The van der Waals surface area contributed by atoms with E-state index in [1.54, 1.807) is 0 Å². The number of hydrogen-bond acceptors (Lipinski definition) is 3. The lowest BCUT2D eigenvalue weighted by Crippen LogP contribution is -2.52. The number of likely N-dealkylation sites (tertiary alicyclic amines) is 1. The van der Waals surface area contributed by atoms with Gasteiger partial charge in [-0.1, -0.05) is 29.8 Å². The molecular weight excluding hydrogens is 532 g/mol. The van der Waals surface area contributed by atoms with Crippen molar-refractivity contribution in [1.29, 1.82) is 0 Å². The minimum atomic E-state index is -4.61. The van der Waals surface area contributed by atoms with E-state index in [2.05, 4.69) is 10.8 Å². The molecular formula is C26H33F6N3O2S. The molecule has 0 amide bonds. The van der Waals surface area contributed by atoms with E-state index in [-0.39, 0.29) is 31.2 Å². The van der Waals surface area contributed by atoms with Crippen molar-refractivity contribution >= 4 is 16.3 Å². The minimum absolute atomic E-state index is 0.0792. The molecule has 212 valence electrons. The fourth-order valence-corrected chi connectivity index (χ4v) is 8.76. The number of piperidine rings is 1. The van der Waals surface area contributed by atoms with Crippen molar-refractivity contribution in [3.63, 3.8) is 0 Å². The minimum Gasteiger partial charge on any atom is -0.299 e. The summed E-state index contributed by atoms with van der Waals surface area (Å²) in [6.45, 7) is 1.71. The van der Waals surface area contributed by atoms with E-state index in [0.717, 1.165) is 35.1 Å². The molecule has 38 heavy (non-hydrogen) atoms. The molecule has 2 aliphatic heterocycles. The summed E-state index contributed by atoms with van der Waals surface area (Å²) in [7, 11) is -4.22. The average Bonchev–Trinajstić information content (AvgIpc) is 3.17. The third kappa shape index (κ3) is 5.64. The number of hydrogen-bond donors (Lipinski definition) is 1. The number of fused-ring (bicyclic) bond motifs is 1. The molecule has 5 nitrogen and oxygen atoms in total. The van der Waals surface area contributed by atoms with Crippen LogP contribution in [0.5, 0.6) is 0 Å². The molecule has 1 N–H and O–H groups in total. The van der Waals surface area contributed by atoms with Gasteiger partial charge in [0.1, 0.15) is 6.54 Å². The fraction of sp³-hybridized carbons (Fsp3) is 0.692. The number of alkyl halides is 6. The zero-order valence-electron chi connectivity index (χ0n) is 21.2. The summed E-state index contributed by atoms with van der Waals surface area (Å²) < 4.78 is 107. The summed E-state index contributed by atoms with van der Waals surface area (Å²) in [6, 6.07) is 6.08. The van der Waals surface area contributed by atoms with E-state index in [4.69, 9.17) is 0 Å². The molecule has 2 saturated heterocycles. The molecule has 1 aromatic carbocycles. The smallest absolute Gasteiger partial charge is 0.299 e. The summed E-state index contributed by atoms with van der Waals surface area (Å²) in [5.74, 6) is -1.40. The largest absolute Gasteiger partial charge is 0.402 e. The lowest BCUT2D eigenvalue weighted by molar-refractivity contribution is -0.184. The van der Waals surface area contributed by atoms with Crippen LogP contribution in [-0.4, -0.2) is 68.2 Å². The van der Waals surface area contributed by atoms with Gasteiger partial charge in [0.15, 0.2) is 0 Å². The molecule has 1 spiro atoms. The second-order valence-electron chi connectivity index (χ2n) is 11.5. The third-order valence-corrected chi connectivity index (χ3v) is 10.4. The van der Waals surface area contributed by atoms with Crippen LogP contribution in [0, 0.1) is 17.8 Å². The van der Waals surface area contributed by atoms with Crippen LogP contribution in [0.25, 0.3) is 6.08 Å². The van der Waals surface area contributed by atoms with Crippen LogP contribution in [-0.2, 0) is 23.1 Å². The van der Waals surface area contributed by atoms with Crippen LogP contribution < -0.4 is 4.72 Å². The maximum absolute atomic E-state index is 13.1. The van der Waals surface area contributed by atoms with Crippen LogP contribution in [0.1, 0.15) is 49.3 Å². The monoisotopic (exact) mass is 565 g/mol. The summed E-state index contributed by atoms with van der Waals surface area (Å²) in [5.41, 5.74) is 3.27. The number of halogens is 6. The van der Waals surface area contributed by atoms with Gasteiger partial charge in [-0.2, -0.15) is 43.8 Å². The molecule has 3 fully saturated rings. The first-order valence-electron chi connectivity index (χ1n) is 13.1. The van der Waals surface area contributed by atoms with Gasteiger partial charge >= 0.3 is 12.4 Å². The highest BCUT2D eigenvalue weighted by atomic mass is 32.2. The maximum Gasteiger partial charge on any atom is 0.402 e. The Hall–Kier alpha value is -1.63. The third-order valence-electron chi connectivity index (χ3n) is 8.87. The van der Waals surface area contributed by atoms with Gasteiger partial charge in [0, 0.05) is 13.1 Å². The Kier molecular flexibility index (Phi) is 7.18. The number of nitrogens with one attached hydrogen (secondary N) is 1. The molecule has 2 bridgehead atoms. The molecule has 12 heteroatoms. The van der Waals surface area contributed by atoms with Crippen molar-refractivity contribution in [1.82, 2.24) is 13.9 Å². The van der Waals surface area contributed by atoms with E-state index in [1.807, 2.05) is 30.0 Å². The predicted octanol–water partition coefficient (Wildman–Crippen LogP) is 4.94. The normalized spacial score (nSPS) is 31.1. The average molecular weight is 566 g/mol. The van der Waals surface area contributed by atoms with Crippen molar-refractivity contribution in [2.45, 2.75) is 63.3 Å². The first-order chi connectivity index (χ1) is 17.6. The lowest BCUT2D eigenvalue weighted by atomic mass is 9.79. The van der Waals surface area contributed by atoms with E-state index in [0.29, 0.717) is 36.8 Å². The second-order valence-corrected chi connectivity index (χ2v) is 13.2.